The van der Waals surface area contributed by atoms with E-state index in [1.54, 1.807) is 5.30 Å². The van der Waals surface area contributed by atoms with Crippen LogP contribution >= 0.6 is 12.7 Å². The van der Waals surface area contributed by atoms with Gasteiger partial charge in [-0.05, 0) is 0 Å². The summed E-state index contributed by atoms with van der Waals surface area (Å²) in [4.78, 5) is 4.68. The first-order valence-corrected chi connectivity index (χ1v) is 23.4. The van der Waals surface area contributed by atoms with Gasteiger partial charge in [0.2, 0.25) is 0 Å². The fraction of sp³-hybridized carbons (Fsp3) is 0.0270. The molecule has 5 radical (unpaired) electrons. The van der Waals surface area contributed by atoms with E-state index in [0.717, 1.165) is 31.1 Å². The SMILES string of the molecule is [B]1B2B3[B-]P123NP12(c3ccc4c(c3)c3cccc5c3n4-c3cccc4c3B5c3ccccc3C4(c3ccccc3)c3ccccc3)B3[B-]B1B32. The number of rotatable bonds is 5. The number of nitrogens with zero attached hydrogens (tertiary/aromatic N) is 1. The van der Waals surface area contributed by atoms with E-state index in [9.17, 15) is 0 Å². The van der Waals surface area contributed by atoms with Crippen LogP contribution in [-0.2, 0) is 5.41 Å². The maximum absolute atomic E-state index is 4.68. The Morgan fingerprint density at radius 2 is 1.34 bits per heavy atom. The number of hydrogen-bond acceptors (Lipinski definition) is 1. The molecular formula is C37H24B9N2P2-2. The number of benzene rings is 6. The molecule has 6 aromatic carbocycles. The molecule has 7 saturated heterocycles. The van der Waals surface area contributed by atoms with Crippen LogP contribution in [0.1, 0.15) is 22.3 Å². The van der Waals surface area contributed by atoms with Crippen LogP contribution in [0.3, 0.4) is 0 Å². The van der Waals surface area contributed by atoms with Crippen molar-refractivity contribution >= 4 is 115 Å². The van der Waals surface area contributed by atoms with Gasteiger partial charge < -0.3 is 0 Å². The van der Waals surface area contributed by atoms with E-state index >= 15 is 0 Å². The zero-order valence-electron chi connectivity index (χ0n) is 27.3. The van der Waals surface area contributed by atoms with E-state index in [1.165, 1.54) is 66.1 Å². The molecule has 7 fully saturated rings. The van der Waals surface area contributed by atoms with E-state index in [1.807, 2.05) is 0 Å². The Hall–Kier alpha value is -3.48. The second-order valence-corrected chi connectivity index (χ2v) is 27.2. The predicted octanol–water partition coefficient (Wildman–Crippen LogP) is 3.66. The Morgan fingerprint density at radius 3 is 2.02 bits per heavy atom. The average molecular weight is 656 g/mol. The molecule has 16 rings (SSSR count). The van der Waals surface area contributed by atoms with Crippen LogP contribution in [0.2, 0.25) is 0 Å². The molecule has 13 heteroatoms. The molecule has 2 nitrogen and oxygen atoms in total. The van der Waals surface area contributed by atoms with E-state index in [4.69, 9.17) is 0 Å². The molecule has 0 unspecified atom stereocenters. The fourth-order valence-electron chi connectivity index (χ4n) is 12.9. The second-order valence-electron chi connectivity index (χ2n) is 16.8. The molecule has 9 aliphatic heterocycles. The van der Waals surface area contributed by atoms with Gasteiger partial charge in [0.05, 0.1) is 0 Å². The van der Waals surface area contributed by atoms with Gasteiger partial charge in [-0.3, -0.25) is 0 Å². The van der Waals surface area contributed by atoms with Crippen molar-refractivity contribution in [3.8, 4) is 5.69 Å². The van der Waals surface area contributed by atoms with Gasteiger partial charge >= 0.3 is 285 Å². The first kappa shape index (κ1) is 26.3. The summed E-state index contributed by atoms with van der Waals surface area (Å²) in [6.45, 7) is 5.67. The molecule has 10 heterocycles. The number of para-hydroxylation sites is 1. The first-order valence-electron chi connectivity index (χ1n) is 18.5. The molecule has 9 aliphatic rings. The Balaban J connectivity index is 1.04. The number of hydrogen-bond donors (Lipinski definition) is 1. The van der Waals surface area contributed by atoms with Crippen molar-refractivity contribution in [3.05, 3.63) is 162 Å². The molecule has 7 aromatic rings. The molecule has 0 amide bonds. The van der Waals surface area contributed by atoms with E-state index in [0.29, 0.717) is 0 Å². The van der Waals surface area contributed by atoms with Gasteiger partial charge in [0.15, 0.2) is 0 Å². The number of fused-ring (bicyclic) bond motifs is 8. The van der Waals surface area contributed by atoms with Gasteiger partial charge in [0.1, 0.15) is 0 Å². The number of nitrogens with one attached hydrogen (secondary N) is 1. The van der Waals surface area contributed by atoms with Crippen LogP contribution in [0.4, 0.5) is 0 Å². The van der Waals surface area contributed by atoms with Crippen molar-refractivity contribution in [3.63, 3.8) is 0 Å². The molecule has 0 atom stereocenters. The summed E-state index contributed by atoms with van der Waals surface area (Å²) in [5, 5.41) is 4.55. The molecule has 1 aromatic heterocycles. The van der Waals surface area contributed by atoms with Crippen LogP contribution in [0, 0.1) is 0 Å². The maximum atomic E-state index is 4.68. The van der Waals surface area contributed by atoms with Gasteiger partial charge in [-0.15, -0.1) is 0 Å². The third-order valence-electron chi connectivity index (χ3n) is 15.5. The van der Waals surface area contributed by atoms with Crippen LogP contribution in [0.5, 0.6) is 0 Å². The average Bonchev–Trinajstić information content (AvgIpc) is 4.12. The molecule has 0 aliphatic carbocycles. The zero-order valence-corrected chi connectivity index (χ0v) is 29.1. The molecule has 2 bridgehead atoms. The molecule has 221 valence electrons. The monoisotopic (exact) mass is 657 g/mol. The van der Waals surface area contributed by atoms with Gasteiger partial charge in [-0.2, -0.15) is 0 Å². The third-order valence-corrected chi connectivity index (χ3v) is 29.9. The Kier molecular flexibility index (Phi) is 3.96. The predicted molar refractivity (Wildman–Crippen MR) is 226 cm³/mol. The van der Waals surface area contributed by atoms with E-state index < -0.39 is 18.1 Å². The Labute approximate surface area is 295 Å². The Morgan fingerprint density at radius 1 is 0.660 bits per heavy atom. The quantitative estimate of drug-likeness (QED) is 0.221. The summed E-state index contributed by atoms with van der Waals surface area (Å²) in [5.41, 5.74) is 13.4. The van der Waals surface area contributed by atoms with Crippen LogP contribution < -0.4 is 26.6 Å². The van der Waals surface area contributed by atoms with Gasteiger partial charge in [-0.1, -0.05) is 12.1 Å². The molecule has 1 spiro atoms. The minimum absolute atomic E-state index is 0.167. The topological polar surface area (TPSA) is 17.0 Å². The summed E-state index contributed by atoms with van der Waals surface area (Å²) in [6, 6.07) is 54.0. The van der Waals surface area contributed by atoms with E-state index in [2.05, 4.69) is 170 Å². The first-order chi connectivity index (χ1) is 24.7. The van der Waals surface area contributed by atoms with Crippen molar-refractivity contribution in [1.29, 1.82) is 0 Å². The number of aromatic nitrogens is 1. The van der Waals surface area contributed by atoms with Gasteiger partial charge in [0, 0.05) is 0 Å². The van der Waals surface area contributed by atoms with Crippen molar-refractivity contribution < 1.29 is 0 Å². The Bertz CT molecular complexity index is 2770. The van der Waals surface area contributed by atoms with Crippen molar-refractivity contribution in [2.45, 2.75) is 5.41 Å². The standard InChI is InChI=1S/C37H24B9N2P2/c1-3-11-24(12-4-1)37(25-13-5-2-6-14-25)29-16-7-8-18-31(29)41-32-19-9-15-27-28-23-26(21-22-33(28)48(36(27)32)34-20-10-17-30(37)35(34)41)49(42-38-43(49)46(42)49)47-50-39-44(50)45(50)40-50/h1-23,47H/q-2. The third kappa shape index (κ3) is 2.32. The molecule has 1 N–H and O–H groups in total. The molecule has 50 heavy (non-hydrogen) atoms. The van der Waals surface area contributed by atoms with Crippen molar-refractivity contribution in [2.75, 3.05) is 0 Å². The minimum atomic E-state index is -1.99. The summed E-state index contributed by atoms with van der Waals surface area (Å²) in [6.07, 6.45) is 1.04. The summed E-state index contributed by atoms with van der Waals surface area (Å²) < 4.78 is 2.65. The van der Waals surface area contributed by atoms with Gasteiger partial charge in [0.25, 0.3) is 0 Å². The van der Waals surface area contributed by atoms with E-state index in [-0.39, 0.29) is 6.71 Å². The summed E-state index contributed by atoms with van der Waals surface area (Å²) in [7, 11) is 2.70. The van der Waals surface area contributed by atoms with Crippen molar-refractivity contribution in [1.82, 2.24) is 9.42 Å². The fourth-order valence-corrected chi connectivity index (χ4v) is 32.1. The normalized spacial score (nSPS) is 24.5. The molecular weight excluding hydrogens is 632 g/mol. The van der Waals surface area contributed by atoms with Crippen LogP contribution in [0.15, 0.2) is 140 Å². The summed E-state index contributed by atoms with van der Waals surface area (Å²) in [5.74, 6) is 0. The summed E-state index contributed by atoms with van der Waals surface area (Å²) >= 11 is 0. The zero-order chi connectivity index (χ0) is 32.0. The van der Waals surface area contributed by atoms with Crippen LogP contribution in [0.25, 0.3) is 27.5 Å². The second kappa shape index (κ2) is 7.52. The van der Waals surface area contributed by atoms with Crippen LogP contribution in [-0.4, -0.2) is 63.2 Å². The van der Waals surface area contributed by atoms with Gasteiger partial charge in [-0.25, -0.2) is 0 Å². The molecule has 0 saturated carbocycles. The van der Waals surface area contributed by atoms with Crippen molar-refractivity contribution in [2.24, 2.45) is 0 Å².